The summed E-state index contributed by atoms with van der Waals surface area (Å²) >= 11 is 0. The number of carbonyl (C=O) groups is 2. The fourth-order valence-corrected chi connectivity index (χ4v) is 5.56. The Kier molecular flexibility index (Phi) is 15.6. The van der Waals surface area contributed by atoms with Gasteiger partial charge in [-0.3, -0.25) is 9.59 Å². The Morgan fingerprint density at radius 3 is 1.85 bits per heavy atom. The van der Waals surface area contributed by atoms with Crippen LogP contribution in [0.4, 0.5) is 5.69 Å². The molecule has 0 atom stereocenters. The normalized spacial score (nSPS) is 11.4. The molecule has 0 fully saturated rings. The van der Waals surface area contributed by atoms with Crippen LogP contribution in [0.5, 0.6) is 0 Å². The highest BCUT2D eigenvalue weighted by molar-refractivity contribution is 6.76. The number of nitrogens with one attached hydrogen (secondary N) is 2. The van der Waals surface area contributed by atoms with Crippen molar-refractivity contribution in [1.29, 1.82) is 0 Å². The number of aliphatic carboxylic acids is 1. The maximum atomic E-state index is 12.2. The molecule has 0 aromatic heterocycles. The van der Waals surface area contributed by atoms with Gasteiger partial charge >= 0.3 is 5.97 Å². The molecule has 0 spiro atoms. The van der Waals surface area contributed by atoms with E-state index in [9.17, 15) is 9.59 Å². The van der Waals surface area contributed by atoms with Gasteiger partial charge in [-0.15, -0.1) is 0 Å². The van der Waals surface area contributed by atoms with Gasteiger partial charge in [0.05, 0.1) is 0 Å². The van der Waals surface area contributed by atoms with Gasteiger partial charge in [0.15, 0.2) is 0 Å². The summed E-state index contributed by atoms with van der Waals surface area (Å²) in [5.41, 5.74) is 2.50. The van der Waals surface area contributed by atoms with Crippen LogP contribution in [-0.4, -0.2) is 38.1 Å². The molecule has 1 aromatic carbocycles. The molecule has 0 saturated carbocycles. The molecule has 0 heterocycles. The molecule has 0 saturated heterocycles. The number of rotatable bonds is 20. The summed E-state index contributed by atoms with van der Waals surface area (Å²) in [6, 6.07) is 7.18. The third kappa shape index (κ3) is 15.2. The molecule has 0 aliphatic rings. The number of benzene rings is 1. The average molecular weight is 491 g/mol. The maximum Gasteiger partial charge on any atom is 0.322 e. The first-order valence-corrected chi connectivity index (χ1v) is 17.3. The Balaban J connectivity index is 2.05. The van der Waals surface area contributed by atoms with Crippen LogP contribution in [0.3, 0.4) is 0 Å². The van der Waals surface area contributed by atoms with E-state index in [2.05, 4.69) is 30.3 Å². The van der Waals surface area contributed by atoms with E-state index in [0.29, 0.717) is 5.56 Å². The van der Waals surface area contributed by atoms with Crippen LogP contribution in [0.25, 0.3) is 0 Å². The summed E-state index contributed by atoms with van der Waals surface area (Å²) in [4.78, 5) is 22.8. The van der Waals surface area contributed by atoms with Crippen molar-refractivity contribution in [3.63, 3.8) is 0 Å². The Morgan fingerprint density at radius 1 is 0.824 bits per heavy atom. The van der Waals surface area contributed by atoms with Gasteiger partial charge in [-0.2, -0.15) is 0 Å². The Morgan fingerprint density at radius 2 is 1.35 bits per heavy atom. The predicted molar refractivity (Wildman–Crippen MR) is 148 cm³/mol. The van der Waals surface area contributed by atoms with Gasteiger partial charge in [-0.05, 0) is 36.6 Å². The number of hydrogen-bond acceptors (Lipinski definition) is 3. The molecule has 6 heteroatoms. The smallest absolute Gasteiger partial charge is 0.322 e. The largest absolute Gasteiger partial charge is 0.480 e. The Bertz CT molecular complexity index is 716. The minimum absolute atomic E-state index is 0.330. The van der Waals surface area contributed by atoms with E-state index in [4.69, 9.17) is 5.11 Å². The lowest BCUT2D eigenvalue weighted by atomic mass is 10.0. The molecular formula is C28H50N2O3Si. The van der Waals surface area contributed by atoms with Crippen LogP contribution < -0.4 is 10.6 Å². The molecule has 0 unspecified atom stereocenters. The number of carbonyl (C=O) groups excluding carboxylic acids is 1. The van der Waals surface area contributed by atoms with Crippen molar-refractivity contribution in [1.82, 2.24) is 5.32 Å². The SMILES string of the molecule is CCc1cc(NCCCCCCCCCCCCCC[Si](C)(C)C)ccc1C(=O)NCC(=O)O. The molecule has 1 rings (SSSR count). The summed E-state index contributed by atoms with van der Waals surface area (Å²) in [6.45, 7) is 10.0. The van der Waals surface area contributed by atoms with Gasteiger partial charge in [-0.25, -0.2) is 0 Å². The fourth-order valence-electron chi connectivity index (χ4n) is 4.25. The van der Waals surface area contributed by atoms with E-state index >= 15 is 0 Å². The molecule has 0 aliphatic heterocycles. The Hall–Kier alpha value is -1.82. The number of amides is 1. The van der Waals surface area contributed by atoms with Crippen LogP contribution in [0, 0.1) is 0 Å². The number of hydrogen-bond donors (Lipinski definition) is 3. The lowest BCUT2D eigenvalue weighted by molar-refractivity contribution is -0.135. The number of anilines is 1. The van der Waals surface area contributed by atoms with E-state index < -0.39 is 14.0 Å². The van der Waals surface area contributed by atoms with E-state index in [-0.39, 0.29) is 12.5 Å². The highest BCUT2D eigenvalue weighted by atomic mass is 28.3. The Labute approximate surface area is 209 Å². The van der Waals surface area contributed by atoms with Gasteiger partial charge in [0, 0.05) is 25.9 Å². The summed E-state index contributed by atoms with van der Waals surface area (Å²) in [5, 5.41) is 14.6. The average Bonchev–Trinajstić information content (AvgIpc) is 2.79. The third-order valence-electron chi connectivity index (χ3n) is 6.31. The van der Waals surface area contributed by atoms with Gasteiger partial charge in [0.25, 0.3) is 5.91 Å². The molecule has 1 aromatic rings. The maximum absolute atomic E-state index is 12.2. The number of aryl methyl sites for hydroxylation is 1. The zero-order chi connectivity index (χ0) is 25.2. The van der Waals surface area contributed by atoms with Crippen molar-refractivity contribution < 1.29 is 14.7 Å². The summed E-state index contributed by atoms with van der Waals surface area (Å²) in [6.07, 6.45) is 17.1. The summed E-state index contributed by atoms with van der Waals surface area (Å²) in [5.74, 6) is -1.37. The highest BCUT2D eigenvalue weighted by Crippen LogP contribution is 2.18. The van der Waals surface area contributed by atoms with Crippen LogP contribution >= 0.6 is 0 Å². The van der Waals surface area contributed by atoms with Crippen molar-refractivity contribution in [2.24, 2.45) is 0 Å². The summed E-state index contributed by atoms with van der Waals surface area (Å²) < 4.78 is 0. The molecule has 0 radical (unpaired) electrons. The van der Waals surface area contributed by atoms with Crippen molar-refractivity contribution >= 4 is 25.6 Å². The number of carboxylic acid groups (broad SMARTS) is 1. The van der Waals surface area contributed by atoms with Crippen LogP contribution in [0.1, 0.15) is 99.9 Å². The number of carboxylic acids is 1. The van der Waals surface area contributed by atoms with Crippen molar-refractivity contribution in [3.8, 4) is 0 Å². The zero-order valence-electron chi connectivity index (χ0n) is 22.3. The molecular weight excluding hydrogens is 440 g/mol. The molecule has 194 valence electrons. The number of unbranched alkanes of at least 4 members (excludes halogenated alkanes) is 11. The summed E-state index contributed by atoms with van der Waals surface area (Å²) in [7, 11) is -0.825. The van der Waals surface area contributed by atoms with Crippen LogP contribution in [-0.2, 0) is 11.2 Å². The molecule has 34 heavy (non-hydrogen) atoms. The minimum atomic E-state index is -1.04. The van der Waals surface area contributed by atoms with Crippen molar-refractivity contribution in [3.05, 3.63) is 29.3 Å². The topological polar surface area (TPSA) is 78.4 Å². The first-order valence-electron chi connectivity index (χ1n) is 13.6. The molecule has 0 bridgehead atoms. The third-order valence-corrected chi connectivity index (χ3v) is 8.17. The van der Waals surface area contributed by atoms with Crippen molar-refractivity contribution in [2.45, 2.75) is 116 Å². The van der Waals surface area contributed by atoms with E-state index in [1.807, 2.05) is 19.1 Å². The molecule has 0 aliphatic carbocycles. The fraction of sp³-hybridized carbons (Fsp3) is 0.714. The molecule has 1 amide bonds. The minimum Gasteiger partial charge on any atom is -0.480 e. The zero-order valence-corrected chi connectivity index (χ0v) is 23.3. The van der Waals surface area contributed by atoms with Crippen molar-refractivity contribution in [2.75, 3.05) is 18.4 Å². The second-order valence-electron chi connectivity index (χ2n) is 10.8. The quantitative estimate of drug-likeness (QED) is 0.131. The van der Waals surface area contributed by atoms with E-state index in [1.165, 1.54) is 76.7 Å². The van der Waals surface area contributed by atoms with Gasteiger partial charge < -0.3 is 15.7 Å². The molecule has 3 N–H and O–H groups in total. The van der Waals surface area contributed by atoms with E-state index in [0.717, 1.165) is 30.6 Å². The lowest BCUT2D eigenvalue weighted by Gasteiger charge is -2.14. The molecule has 5 nitrogen and oxygen atoms in total. The van der Waals surface area contributed by atoms with Gasteiger partial charge in [0.1, 0.15) is 6.54 Å². The lowest BCUT2D eigenvalue weighted by Crippen LogP contribution is -2.29. The van der Waals surface area contributed by atoms with E-state index in [1.54, 1.807) is 6.07 Å². The van der Waals surface area contributed by atoms with Gasteiger partial charge in [-0.1, -0.05) is 103 Å². The monoisotopic (exact) mass is 490 g/mol. The van der Waals surface area contributed by atoms with Gasteiger partial charge in [0.2, 0.25) is 0 Å². The second-order valence-corrected chi connectivity index (χ2v) is 16.4. The van der Waals surface area contributed by atoms with Crippen LogP contribution in [0.15, 0.2) is 18.2 Å². The standard InChI is InChI=1S/C28H50N2O3Si/c1-5-24-22-25(18-19-26(24)28(33)30-23-27(31)32)29-20-16-14-12-10-8-6-7-9-11-13-15-17-21-34(2,3)4/h18-19,22,29H,5-17,20-21,23H2,1-4H3,(H,30,33)(H,31,32). The second kappa shape index (κ2) is 17.6. The van der Waals surface area contributed by atoms with Crippen LogP contribution in [0.2, 0.25) is 25.7 Å². The highest BCUT2D eigenvalue weighted by Gasteiger charge is 2.12. The predicted octanol–water partition coefficient (Wildman–Crippen LogP) is 7.49. The first-order chi connectivity index (χ1) is 16.2. The first kappa shape index (κ1) is 30.2.